The van der Waals surface area contributed by atoms with E-state index in [0.29, 0.717) is 0 Å². The van der Waals surface area contributed by atoms with Crippen molar-refractivity contribution in [2.24, 2.45) is 10.9 Å². The lowest BCUT2D eigenvalue weighted by Gasteiger charge is -2.11. The molecule has 1 aromatic rings. The van der Waals surface area contributed by atoms with Crippen LogP contribution in [-0.4, -0.2) is 24.5 Å². The first-order valence-electron chi connectivity index (χ1n) is 6.47. The van der Waals surface area contributed by atoms with Crippen LogP contribution in [0, 0.1) is 12.8 Å². The second-order valence-corrected chi connectivity index (χ2v) is 6.05. The third kappa shape index (κ3) is 6.00. The van der Waals surface area contributed by atoms with Crippen molar-refractivity contribution in [3.8, 4) is 0 Å². The molecule has 0 fully saturated rings. The Morgan fingerprint density at radius 1 is 1.44 bits per heavy atom. The van der Waals surface area contributed by atoms with Crippen molar-refractivity contribution in [3.63, 3.8) is 0 Å². The van der Waals surface area contributed by atoms with E-state index in [4.69, 9.17) is 0 Å². The number of aromatic nitrogens is 1. The van der Waals surface area contributed by atoms with Crippen molar-refractivity contribution in [2.45, 2.75) is 40.2 Å². The van der Waals surface area contributed by atoms with Gasteiger partial charge in [-0.25, -0.2) is 4.98 Å². The molecule has 0 atom stereocenters. The van der Waals surface area contributed by atoms with E-state index in [1.807, 2.05) is 13.1 Å². The zero-order chi connectivity index (χ0) is 13.4. The average molecular weight is 268 g/mol. The van der Waals surface area contributed by atoms with Gasteiger partial charge in [0.15, 0.2) is 5.96 Å². The Kier molecular flexibility index (Phi) is 6.72. The quantitative estimate of drug-likeness (QED) is 0.473. The van der Waals surface area contributed by atoms with Gasteiger partial charge in [-0.15, -0.1) is 11.3 Å². The summed E-state index contributed by atoms with van der Waals surface area (Å²) in [6.07, 6.45) is 4.34. The molecule has 1 heterocycles. The van der Waals surface area contributed by atoms with E-state index in [1.165, 1.54) is 17.7 Å². The van der Waals surface area contributed by atoms with Gasteiger partial charge in [-0.05, 0) is 25.7 Å². The van der Waals surface area contributed by atoms with Crippen LogP contribution in [-0.2, 0) is 6.54 Å². The molecule has 0 aliphatic heterocycles. The number of rotatable bonds is 6. The molecule has 5 heteroatoms. The normalized spacial score (nSPS) is 11.9. The predicted octanol–water partition coefficient (Wildman–Crippen LogP) is 2.55. The summed E-state index contributed by atoms with van der Waals surface area (Å²) in [7, 11) is 1.80. The molecule has 102 valence electrons. The highest BCUT2D eigenvalue weighted by Crippen LogP contribution is 2.10. The summed E-state index contributed by atoms with van der Waals surface area (Å²) >= 11 is 1.72. The van der Waals surface area contributed by atoms with Gasteiger partial charge in [-0.2, -0.15) is 0 Å². The lowest BCUT2D eigenvalue weighted by atomic mass is 10.1. The van der Waals surface area contributed by atoms with Crippen molar-refractivity contribution in [3.05, 3.63) is 16.1 Å². The molecule has 0 bridgehead atoms. The van der Waals surface area contributed by atoms with Crippen molar-refractivity contribution in [2.75, 3.05) is 13.6 Å². The van der Waals surface area contributed by atoms with Crippen molar-refractivity contribution in [1.82, 2.24) is 15.6 Å². The number of nitrogens with one attached hydrogen (secondary N) is 2. The fraction of sp³-hybridized carbons (Fsp3) is 0.692. The Morgan fingerprint density at radius 2 is 2.22 bits per heavy atom. The number of nitrogens with zero attached hydrogens (tertiary/aromatic N) is 2. The number of hydrogen-bond donors (Lipinski definition) is 2. The van der Waals surface area contributed by atoms with Crippen LogP contribution in [0.15, 0.2) is 11.2 Å². The summed E-state index contributed by atoms with van der Waals surface area (Å²) in [4.78, 5) is 9.67. The van der Waals surface area contributed by atoms with E-state index in [2.05, 4.69) is 34.5 Å². The Labute approximate surface area is 114 Å². The van der Waals surface area contributed by atoms with Crippen LogP contribution in [0.1, 0.15) is 36.6 Å². The number of guanidine groups is 1. The Morgan fingerprint density at radius 3 is 2.78 bits per heavy atom. The van der Waals surface area contributed by atoms with Gasteiger partial charge in [0.2, 0.25) is 0 Å². The summed E-state index contributed by atoms with van der Waals surface area (Å²) in [6.45, 7) is 8.28. The van der Waals surface area contributed by atoms with Gasteiger partial charge in [0, 0.05) is 24.7 Å². The maximum atomic E-state index is 4.23. The van der Waals surface area contributed by atoms with Crippen LogP contribution in [0.25, 0.3) is 0 Å². The second-order valence-electron chi connectivity index (χ2n) is 4.73. The van der Waals surface area contributed by atoms with Crippen LogP contribution in [0.3, 0.4) is 0 Å². The van der Waals surface area contributed by atoms with Gasteiger partial charge < -0.3 is 10.6 Å². The van der Waals surface area contributed by atoms with Gasteiger partial charge in [0.05, 0.1) is 11.6 Å². The summed E-state index contributed by atoms with van der Waals surface area (Å²) < 4.78 is 0. The first-order chi connectivity index (χ1) is 8.61. The van der Waals surface area contributed by atoms with Crippen LogP contribution in [0.2, 0.25) is 0 Å². The molecule has 4 nitrogen and oxygen atoms in total. The molecule has 0 saturated carbocycles. The van der Waals surface area contributed by atoms with E-state index in [0.717, 1.165) is 30.0 Å². The molecule has 0 radical (unpaired) electrons. The van der Waals surface area contributed by atoms with Crippen LogP contribution >= 0.6 is 11.3 Å². The first kappa shape index (κ1) is 15.0. The maximum Gasteiger partial charge on any atom is 0.191 e. The Hall–Kier alpha value is -1.10. The minimum Gasteiger partial charge on any atom is -0.356 e. The molecule has 0 aliphatic rings. The molecule has 2 N–H and O–H groups in total. The lowest BCUT2D eigenvalue weighted by molar-refractivity contribution is 0.549. The molecule has 18 heavy (non-hydrogen) atoms. The number of aryl methyl sites for hydroxylation is 1. The molecule has 1 rings (SSSR count). The monoisotopic (exact) mass is 268 g/mol. The van der Waals surface area contributed by atoms with E-state index < -0.39 is 0 Å². The average Bonchev–Trinajstić information content (AvgIpc) is 2.74. The third-order valence-electron chi connectivity index (χ3n) is 2.57. The molecule has 0 unspecified atom stereocenters. The van der Waals surface area contributed by atoms with Crippen LogP contribution < -0.4 is 10.6 Å². The summed E-state index contributed by atoms with van der Waals surface area (Å²) in [5.74, 6) is 1.63. The highest BCUT2D eigenvalue weighted by Gasteiger charge is 2.01. The molecular weight excluding hydrogens is 244 g/mol. The standard InChI is InChI=1S/C13H24N4S/c1-10(2)6-5-7-15-13(14-4)17-9-12-8-16-11(3)18-12/h8,10H,5-7,9H2,1-4H3,(H2,14,15,17). The number of thiazole rings is 1. The van der Waals surface area contributed by atoms with Crippen molar-refractivity contribution in [1.29, 1.82) is 0 Å². The Bertz CT molecular complexity index is 371. The second kappa shape index (κ2) is 8.08. The molecule has 1 aromatic heterocycles. The SMILES string of the molecule is CN=C(NCCCC(C)C)NCc1cnc(C)s1. The van der Waals surface area contributed by atoms with Crippen molar-refractivity contribution >= 4 is 17.3 Å². The van der Waals surface area contributed by atoms with E-state index in [-0.39, 0.29) is 0 Å². The van der Waals surface area contributed by atoms with E-state index >= 15 is 0 Å². The van der Waals surface area contributed by atoms with Gasteiger partial charge in [-0.1, -0.05) is 13.8 Å². The molecule has 0 aliphatic carbocycles. The van der Waals surface area contributed by atoms with Crippen molar-refractivity contribution < 1.29 is 0 Å². The summed E-state index contributed by atoms with van der Waals surface area (Å²) in [6, 6.07) is 0. The minimum absolute atomic E-state index is 0.766. The largest absolute Gasteiger partial charge is 0.356 e. The zero-order valence-corrected chi connectivity index (χ0v) is 12.6. The van der Waals surface area contributed by atoms with Gasteiger partial charge in [0.1, 0.15) is 0 Å². The van der Waals surface area contributed by atoms with E-state index in [9.17, 15) is 0 Å². The third-order valence-corrected chi connectivity index (χ3v) is 3.49. The molecule has 0 saturated heterocycles. The molecule has 0 amide bonds. The predicted molar refractivity (Wildman–Crippen MR) is 79.1 cm³/mol. The summed E-state index contributed by atoms with van der Waals surface area (Å²) in [5, 5.41) is 7.72. The molecule has 0 spiro atoms. The minimum atomic E-state index is 0.766. The van der Waals surface area contributed by atoms with Gasteiger partial charge in [-0.3, -0.25) is 4.99 Å². The maximum absolute atomic E-state index is 4.23. The number of hydrogen-bond acceptors (Lipinski definition) is 3. The van der Waals surface area contributed by atoms with Crippen LogP contribution in [0.5, 0.6) is 0 Å². The van der Waals surface area contributed by atoms with Gasteiger partial charge in [0.25, 0.3) is 0 Å². The first-order valence-corrected chi connectivity index (χ1v) is 7.29. The highest BCUT2D eigenvalue weighted by atomic mass is 32.1. The highest BCUT2D eigenvalue weighted by molar-refractivity contribution is 7.11. The lowest BCUT2D eigenvalue weighted by Crippen LogP contribution is -2.37. The summed E-state index contributed by atoms with van der Waals surface area (Å²) in [5.41, 5.74) is 0. The van der Waals surface area contributed by atoms with Gasteiger partial charge >= 0.3 is 0 Å². The van der Waals surface area contributed by atoms with E-state index in [1.54, 1.807) is 18.4 Å². The fourth-order valence-electron chi connectivity index (χ4n) is 1.60. The fourth-order valence-corrected chi connectivity index (χ4v) is 2.33. The molecule has 0 aromatic carbocycles. The topological polar surface area (TPSA) is 49.3 Å². The smallest absolute Gasteiger partial charge is 0.191 e. The molecular formula is C13H24N4S. The number of aliphatic imine (C=N–C) groups is 1. The van der Waals surface area contributed by atoms with Crippen LogP contribution in [0.4, 0.5) is 0 Å². The zero-order valence-electron chi connectivity index (χ0n) is 11.8. The Balaban J connectivity index is 2.22.